The third kappa shape index (κ3) is 10.8. The molecule has 6 nitrogen and oxygen atoms in total. The van der Waals surface area contributed by atoms with Crippen LogP contribution in [-0.4, -0.2) is 29.2 Å². The Morgan fingerprint density at radius 2 is 1.51 bits per heavy atom. The van der Waals surface area contributed by atoms with E-state index in [0.29, 0.717) is 31.6 Å². The van der Waals surface area contributed by atoms with E-state index < -0.39 is 6.04 Å². The number of aryl methyl sites for hydroxylation is 1. The van der Waals surface area contributed by atoms with Gasteiger partial charge in [0.05, 0.1) is 12.1 Å². The number of carbonyl (C=O) groups is 3. The molecule has 190 valence electrons. The molecule has 0 saturated carbocycles. The minimum Gasteiger partial charge on any atom is -0.508 e. The largest absolute Gasteiger partial charge is 0.508 e. The fraction of sp³-hybridized carbons (Fsp3) is 0.483. The summed E-state index contributed by atoms with van der Waals surface area (Å²) in [6, 6.07) is 14.1. The molecule has 6 heteroatoms. The smallest absolute Gasteiger partial charge is 0.221 e. The molecule has 2 rings (SSSR count). The zero-order valence-electron chi connectivity index (χ0n) is 21.6. The Morgan fingerprint density at radius 3 is 2.06 bits per heavy atom. The van der Waals surface area contributed by atoms with E-state index in [1.54, 1.807) is 12.1 Å². The molecule has 0 fully saturated rings. The van der Waals surface area contributed by atoms with Crippen LogP contribution in [0.1, 0.15) is 76.6 Å². The van der Waals surface area contributed by atoms with Crippen LogP contribution in [-0.2, 0) is 27.2 Å². The van der Waals surface area contributed by atoms with Gasteiger partial charge in [-0.15, -0.1) is 0 Å². The molecule has 0 spiro atoms. The van der Waals surface area contributed by atoms with Crippen molar-refractivity contribution >= 4 is 18.1 Å². The first-order valence-electron chi connectivity index (χ1n) is 12.4. The Kier molecular flexibility index (Phi) is 10.5. The molecule has 3 N–H and O–H groups in total. The van der Waals surface area contributed by atoms with E-state index in [2.05, 4.69) is 24.5 Å². The van der Waals surface area contributed by atoms with E-state index in [4.69, 9.17) is 0 Å². The van der Waals surface area contributed by atoms with E-state index >= 15 is 0 Å². The van der Waals surface area contributed by atoms with Crippen LogP contribution >= 0.6 is 0 Å². The molecule has 2 aromatic carbocycles. The molecule has 0 aliphatic heterocycles. The molecule has 0 aromatic heterocycles. The summed E-state index contributed by atoms with van der Waals surface area (Å²) in [6.07, 6.45) is 3.37. The average Bonchev–Trinajstić information content (AvgIpc) is 2.76. The predicted octanol–water partition coefficient (Wildman–Crippen LogP) is 4.89. The summed E-state index contributed by atoms with van der Waals surface area (Å²) in [5.74, 6) is 0.476. The van der Waals surface area contributed by atoms with Gasteiger partial charge in [-0.1, -0.05) is 71.0 Å². The second kappa shape index (κ2) is 13.1. The maximum atomic E-state index is 12.7. The Hall–Kier alpha value is -3.15. The fourth-order valence-electron chi connectivity index (χ4n) is 3.95. The van der Waals surface area contributed by atoms with Crippen molar-refractivity contribution in [2.24, 2.45) is 11.3 Å². The molecule has 0 saturated heterocycles. The summed E-state index contributed by atoms with van der Waals surface area (Å²) >= 11 is 0. The highest BCUT2D eigenvalue weighted by Gasteiger charge is 2.19. The molecule has 0 aliphatic rings. The van der Waals surface area contributed by atoms with Gasteiger partial charge in [-0.05, 0) is 59.4 Å². The summed E-state index contributed by atoms with van der Waals surface area (Å²) in [6.45, 7) is 10.2. The minimum atomic E-state index is -0.556. The second-order valence-electron chi connectivity index (χ2n) is 10.9. The lowest BCUT2D eigenvalue weighted by Gasteiger charge is -2.21. The number of phenols is 1. The summed E-state index contributed by atoms with van der Waals surface area (Å²) in [7, 11) is 0. The van der Waals surface area contributed by atoms with Crippen molar-refractivity contribution in [2.45, 2.75) is 78.8 Å². The number of carbonyl (C=O) groups excluding carboxylic acids is 3. The minimum absolute atomic E-state index is 0.0182. The van der Waals surface area contributed by atoms with E-state index in [1.807, 2.05) is 57.2 Å². The van der Waals surface area contributed by atoms with Gasteiger partial charge in [0.15, 0.2) is 0 Å². The van der Waals surface area contributed by atoms with Gasteiger partial charge in [0.2, 0.25) is 11.8 Å². The maximum Gasteiger partial charge on any atom is 0.221 e. The van der Waals surface area contributed by atoms with Crippen LogP contribution in [0.3, 0.4) is 0 Å². The lowest BCUT2D eigenvalue weighted by Crippen LogP contribution is -2.39. The monoisotopic (exact) mass is 480 g/mol. The lowest BCUT2D eigenvalue weighted by atomic mass is 9.91. The lowest BCUT2D eigenvalue weighted by molar-refractivity contribution is -0.125. The molecule has 0 aliphatic carbocycles. The maximum absolute atomic E-state index is 12.7. The van der Waals surface area contributed by atoms with Gasteiger partial charge in [0.25, 0.3) is 0 Å². The van der Waals surface area contributed by atoms with Gasteiger partial charge in [0, 0.05) is 12.8 Å². The summed E-state index contributed by atoms with van der Waals surface area (Å²) in [5.41, 5.74) is 2.84. The number of aromatic hydroxyl groups is 1. The standard InChI is InChI=1S/C29H40N2O4/c1-20(2)16-26(23-11-13-25(33)14-12-23)31-27(34)15-10-21-6-8-22(9-7-21)17-24(19-32)30-28(35)18-29(3,4)5/h6-9,11-14,19-20,24,26,33H,10,15-18H2,1-5H3,(H,30,35)(H,31,34)/t24-,26?/m0/s1. The Morgan fingerprint density at radius 1 is 0.914 bits per heavy atom. The third-order valence-electron chi connectivity index (χ3n) is 5.66. The van der Waals surface area contributed by atoms with Gasteiger partial charge in [0.1, 0.15) is 12.0 Å². The van der Waals surface area contributed by atoms with Crippen LogP contribution in [0.5, 0.6) is 5.75 Å². The molecule has 1 unspecified atom stereocenters. The van der Waals surface area contributed by atoms with E-state index in [-0.39, 0.29) is 29.0 Å². The molecule has 0 bridgehead atoms. The van der Waals surface area contributed by atoms with Crippen LogP contribution in [0.15, 0.2) is 48.5 Å². The summed E-state index contributed by atoms with van der Waals surface area (Å²) in [5, 5.41) is 15.5. The fourth-order valence-corrected chi connectivity index (χ4v) is 3.95. The van der Waals surface area contributed by atoms with Crippen LogP contribution in [0, 0.1) is 11.3 Å². The zero-order valence-corrected chi connectivity index (χ0v) is 21.6. The van der Waals surface area contributed by atoms with Crippen molar-refractivity contribution in [2.75, 3.05) is 0 Å². The molecule has 0 radical (unpaired) electrons. The molecule has 2 aromatic rings. The molecule has 35 heavy (non-hydrogen) atoms. The molecule has 0 heterocycles. The predicted molar refractivity (Wildman–Crippen MR) is 139 cm³/mol. The van der Waals surface area contributed by atoms with E-state index in [0.717, 1.165) is 29.4 Å². The van der Waals surface area contributed by atoms with Crippen molar-refractivity contribution in [3.05, 3.63) is 65.2 Å². The van der Waals surface area contributed by atoms with Gasteiger partial charge in [-0.2, -0.15) is 0 Å². The topological polar surface area (TPSA) is 95.5 Å². The molecule has 2 amide bonds. The first kappa shape index (κ1) is 28.1. The molecular weight excluding hydrogens is 440 g/mol. The highest BCUT2D eigenvalue weighted by Crippen LogP contribution is 2.23. The number of nitrogens with one attached hydrogen (secondary N) is 2. The summed E-state index contributed by atoms with van der Waals surface area (Å²) in [4.78, 5) is 36.3. The normalized spacial score (nSPS) is 13.2. The van der Waals surface area contributed by atoms with E-state index in [1.165, 1.54) is 0 Å². The zero-order chi connectivity index (χ0) is 26.0. The second-order valence-corrected chi connectivity index (χ2v) is 10.9. The van der Waals surface area contributed by atoms with E-state index in [9.17, 15) is 19.5 Å². The van der Waals surface area contributed by atoms with Gasteiger partial charge in [-0.3, -0.25) is 9.59 Å². The molecular formula is C29H40N2O4. The quantitative estimate of drug-likeness (QED) is 0.377. The first-order chi connectivity index (χ1) is 16.4. The highest BCUT2D eigenvalue weighted by molar-refractivity contribution is 5.80. The number of phenolic OH excluding ortho intramolecular Hbond substituents is 1. The SMILES string of the molecule is CC(C)CC(NC(=O)CCc1ccc(C[C@@H](C=O)NC(=O)CC(C)(C)C)cc1)c1ccc(O)cc1. The van der Waals surface area contributed by atoms with Gasteiger partial charge < -0.3 is 20.5 Å². The van der Waals surface area contributed by atoms with Crippen molar-refractivity contribution in [1.82, 2.24) is 10.6 Å². The Balaban J connectivity index is 1.88. The van der Waals surface area contributed by atoms with Crippen LogP contribution in [0.2, 0.25) is 0 Å². The number of hydrogen-bond donors (Lipinski definition) is 3. The Labute approximate surface area is 209 Å². The number of hydrogen-bond acceptors (Lipinski definition) is 4. The third-order valence-corrected chi connectivity index (χ3v) is 5.66. The number of rotatable bonds is 12. The highest BCUT2D eigenvalue weighted by atomic mass is 16.3. The van der Waals surface area contributed by atoms with Gasteiger partial charge in [-0.25, -0.2) is 0 Å². The molecule has 2 atom stereocenters. The van der Waals surface area contributed by atoms with Gasteiger partial charge >= 0.3 is 0 Å². The van der Waals surface area contributed by atoms with Crippen molar-refractivity contribution in [1.29, 1.82) is 0 Å². The number of aldehydes is 1. The summed E-state index contributed by atoms with van der Waals surface area (Å²) < 4.78 is 0. The van der Waals surface area contributed by atoms with Crippen LogP contribution in [0.4, 0.5) is 0 Å². The number of amides is 2. The average molecular weight is 481 g/mol. The van der Waals surface area contributed by atoms with Crippen LogP contribution < -0.4 is 10.6 Å². The van der Waals surface area contributed by atoms with Crippen molar-refractivity contribution in [3.8, 4) is 5.75 Å². The van der Waals surface area contributed by atoms with Crippen LogP contribution in [0.25, 0.3) is 0 Å². The van der Waals surface area contributed by atoms with Crippen molar-refractivity contribution < 1.29 is 19.5 Å². The first-order valence-corrected chi connectivity index (χ1v) is 12.4. The Bertz CT molecular complexity index is 960. The van der Waals surface area contributed by atoms with Crippen molar-refractivity contribution in [3.63, 3.8) is 0 Å². The number of benzene rings is 2.